The summed E-state index contributed by atoms with van der Waals surface area (Å²) >= 11 is -0.953. The summed E-state index contributed by atoms with van der Waals surface area (Å²) in [7, 11) is 0. The van der Waals surface area contributed by atoms with Crippen LogP contribution in [0.15, 0.2) is 84.9 Å². The molecule has 4 nitrogen and oxygen atoms in total. The maximum atomic E-state index is 9.45. The Balaban J connectivity index is 0. The van der Waals surface area contributed by atoms with E-state index in [9.17, 15) is 9.59 Å². The predicted molar refractivity (Wildman–Crippen MR) is 103 cm³/mol. The molecule has 2 amide bonds. The monoisotopic (exact) mass is 547 g/mol. The van der Waals surface area contributed by atoms with Crippen molar-refractivity contribution in [3.05, 3.63) is 84.9 Å². The second-order valence-electron chi connectivity index (χ2n) is 5.02. The van der Waals surface area contributed by atoms with Crippen LogP contribution in [0.5, 0.6) is 0 Å². The number of carbonyl (C=O) groups is 2. The van der Waals surface area contributed by atoms with Crippen molar-refractivity contribution in [3.8, 4) is 0 Å². The number of amides is 2. The molecule has 0 saturated carbocycles. The molecule has 0 heterocycles. The number of fused-ring (bicyclic) bond motifs is 2. The SMILES string of the molecule is O=C[NH][Ga][NH]C=O.[Cl-].[Cl-].[Zr+4].c1ccc2[cH-]ccc2c1.c1ccc2[cH-]ccc2c1. The van der Waals surface area contributed by atoms with Gasteiger partial charge >= 0.3 is 74.6 Å². The van der Waals surface area contributed by atoms with Crippen LogP contribution in [0.25, 0.3) is 21.5 Å². The molecule has 0 unspecified atom stereocenters. The van der Waals surface area contributed by atoms with E-state index in [1.807, 2.05) is 0 Å². The molecule has 1 radical (unpaired) electrons. The molecular formula is C20H18Cl2GaN2O2Zr. The van der Waals surface area contributed by atoms with E-state index < -0.39 is 17.9 Å². The Morgan fingerprint density at radius 3 is 1.43 bits per heavy atom. The molecule has 141 valence electrons. The van der Waals surface area contributed by atoms with Crippen molar-refractivity contribution < 1.29 is 60.6 Å². The first-order valence-corrected chi connectivity index (χ1v) is 10.2. The van der Waals surface area contributed by atoms with Gasteiger partial charge in [0.1, 0.15) is 0 Å². The molecule has 2 N–H and O–H groups in total. The third-order valence-corrected chi connectivity index (χ3v) is 4.67. The number of benzene rings is 2. The van der Waals surface area contributed by atoms with E-state index in [0.29, 0.717) is 12.8 Å². The van der Waals surface area contributed by atoms with Gasteiger partial charge in [-0.2, -0.15) is 35.0 Å². The Labute approximate surface area is 204 Å². The summed E-state index contributed by atoms with van der Waals surface area (Å²) in [6.07, 6.45) is 1.16. The standard InChI is InChI=1S/2C9H7.2CH3NO.2ClH.Ga.Zr/c2*1-2-5-9-7-3-6-8(9)4-1;2*2-1-3;;;;/h2*1-7H;2*1H,(H2,2,3);2*1H;;/q2*-1;;;;;+2;+4/p-4. The van der Waals surface area contributed by atoms with E-state index in [1.54, 1.807) is 0 Å². The molecule has 4 aromatic carbocycles. The van der Waals surface area contributed by atoms with Crippen molar-refractivity contribution >= 4 is 52.3 Å². The zero-order valence-electron chi connectivity index (χ0n) is 14.9. The fourth-order valence-corrected chi connectivity index (χ4v) is 2.74. The smallest absolute Gasteiger partial charge is 1.00 e. The Morgan fingerprint density at radius 2 is 1.07 bits per heavy atom. The molecule has 4 aromatic rings. The Hall–Kier alpha value is -1.30. The van der Waals surface area contributed by atoms with Crippen molar-refractivity contribution in [2.75, 3.05) is 0 Å². The maximum absolute atomic E-state index is 9.45. The summed E-state index contributed by atoms with van der Waals surface area (Å²) in [5, 5.41) is 5.32. The second kappa shape index (κ2) is 17.8. The van der Waals surface area contributed by atoms with E-state index in [0.717, 1.165) is 0 Å². The molecule has 0 spiro atoms. The first-order chi connectivity index (χ1) is 12.3. The number of rotatable bonds is 4. The molecule has 8 heteroatoms. The molecular weight excluding hydrogens is 532 g/mol. The summed E-state index contributed by atoms with van der Waals surface area (Å²) in [5.74, 6) is 0. The van der Waals surface area contributed by atoms with Gasteiger partial charge in [0.25, 0.3) is 0 Å². The average molecular weight is 550 g/mol. The predicted octanol–water partition coefficient (Wildman–Crippen LogP) is -2.86. The minimum absolute atomic E-state index is 0. The number of nitrogens with one attached hydrogen (secondary N) is 2. The van der Waals surface area contributed by atoms with Crippen LogP contribution in [0.3, 0.4) is 0 Å². The van der Waals surface area contributed by atoms with Gasteiger partial charge in [-0.1, -0.05) is 12.1 Å². The maximum Gasteiger partial charge on any atom is 4.00 e. The Morgan fingerprint density at radius 1 is 0.679 bits per heavy atom. The number of hydrogen-bond acceptors (Lipinski definition) is 2. The van der Waals surface area contributed by atoms with Gasteiger partial charge in [-0.3, -0.25) is 0 Å². The van der Waals surface area contributed by atoms with Gasteiger partial charge in [0.15, 0.2) is 0 Å². The molecule has 0 fully saturated rings. The van der Waals surface area contributed by atoms with Crippen LogP contribution in [0.4, 0.5) is 0 Å². The fourth-order valence-electron chi connectivity index (χ4n) is 2.26. The van der Waals surface area contributed by atoms with Gasteiger partial charge in [0.2, 0.25) is 0 Å². The van der Waals surface area contributed by atoms with Crippen LogP contribution in [0.1, 0.15) is 0 Å². The van der Waals surface area contributed by atoms with E-state index in [4.69, 9.17) is 0 Å². The van der Waals surface area contributed by atoms with Crippen LogP contribution in [0, 0.1) is 0 Å². The zero-order valence-corrected chi connectivity index (χ0v) is 21.3. The largest absolute Gasteiger partial charge is 4.00 e. The number of halogens is 2. The molecule has 0 aliphatic heterocycles. The molecule has 4 rings (SSSR count). The summed E-state index contributed by atoms with van der Waals surface area (Å²) in [6, 6.07) is 29.3. The van der Waals surface area contributed by atoms with E-state index >= 15 is 0 Å². The third kappa shape index (κ3) is 10.3. The second-order valence-corrected chi connectivity index (χ2v) is 7.03. The summed E-state index contributed by atoms with van der Waals surface area (Å²) < 4.78 is 4.76. The number of carbonyl (C=O) groups excluding carboxylic acids is 2. The Kier molecular flexibility index (Phi) is 18.3. The van der Waals surface area contributed by atoms with Crippen molar-refractivity contribution in [2.45, 2.75) is 0 Å². The normalized spacial score (nSPS) is 8.14. The van der Waals surface area contributed by atoms with Gasteiger partial charge < -0.3 is 24.8 Å². The summed E-state index contributed by atoms with van der Waals surface area (Å²) in [5.41, 5.74) is 0. The molecule has 0 bridgehead atoms. The van der Waals surface area contributed by atoms with Gasteiger partial charge in [-0.15, -0.1) is 59.3 Å². The fraction of sp³-hybridized carbons (Fsp3) is 0. The topological polar surface area (TPSA) is 58.2 Å². The average Bonchev–Trinajstić information content (AvgIpc) is 3.32. The first-order valence-electron chi connectivity index (χ1n) is 7.77. The van der Waals surface area contributed by atoms with Crippen LogP contribution in [0.2, 0.25) is 0 Å². The van der Waals surface area contributed by atoms with E-state index in [2.05, 4.69) is 93.0 Å². The Bertz CT molecular complexity index is 781. The van der Waals surface area contributed by atoms with Gasteiger partial charge in [-0.05, 0) is 0 Å². The molecule has 0 atom stereocenters. The van der Waals surface area contributed by atoms with Gasteiger partial charge in [-0.25, -0.2) is 0 Å². The van der Waals surface area contributed by atoms with Crippen LogP contribution < -0.4 is 32.9 Å². The molecule has 0 aliphatic rings. The van der Waals surface area contributed by atoms with Gasteiger partial charge in [0, 0.05) is 0 Å². The quantitative estimate of drug-likeness (QED) is 0.124. The molecule has 28 heavy (non-hydrogen) atoms. The van der Waals surface area contributed by atoms with Gasteiger partial charge in [0.05, 0.1) is 0 Å². The third-order valence-electron chi connectivity index (χ3n) is 3.40. The summed E-state index contributed by atoms with van der Waals surface area (Å²) in [6.45, 7) is 0. The number of hydrogen-bond donors (Lipinski definition) is 2. The molecule has 0 aliphatic carbocycles. The molecule has 0 aromatic heterocycles. The molecule has 0 saturated heterocycles. The summed E-state index contributed by atoms with van der Waals surface area (Å²) in [4.78, 5) is 18.9. The zero-order chi connectivity index (χ0) is 17.7. The van der Waals surface area contributed by atoms with Crippen molar-refractivity contribution in [3.63, 3.8) is 0 Å². The van der Waals surface area contributed by atoms with Crippen molar-refractivity contribution in [1.29, 1.82) is 0 Å². The van der Waals surface area contributed by atoms with E-state index in [-0.39, 0.29) is 51.0 Å². The first kappa shape index (κ1) is 28.9. The van der Waals surface area contributed by atoms with Crippen LogP contribution in [-0.4, -0.2) is 30.7 Å². The minimum atomic E-state index is -0.953. The van der Waals surface area contributed by atoms with Crippen LogP contribution in [-0.2, 0) is 35.8 Å². The van der Waals surface area contributed by atoms with Crippen LogP contribution >= 0.6 is 0 Å². The van der Waals surface area contributed by atoms with E-state index in [1.165, 1.54) is 21.5 Å². The minimum Gasteiger partial charge on any atom is -1.00 e. The van der Waals surface area contributed by atoms with Crippen molar-refractivity contribution in [2.24, 2.45) is 0 Å². The van der Waals surface area contributed by atoms with Crippen molar-refractivity contribution in [1.82, 2.24) is 8.05 Å².